The van der Waals surface area contributed by atoms with Gasteiger partial charge in [-0.25, -0.2) is 0 Å². The van der Waals surface area contributed by atoms with E-state index in [4.69, 9.17) is 34.8 Å². The van der Waals surface area contributed by atoms with Gasteiger partial charge >= 0.3 is 0 Å². The molecule has 0 fully saturated rings. The summed E-state index contributed by atoms with van der Waals surface area (Å²) in [5.41, 5.74) is 0.447. The maximum Gasteiger partial charge on any atom is 0.151 e. The molecule has 0 atom stereocenters. The lowest BCUT2D eigenvalue weighted by molar-refractivity contribution is 0.112. The van der Waals surface area contributed by atoms with Crippen LogP contribution < -0.4 is 0 Å². The Morgan fingerprint density at radius 1 is 1.00 bits per heavy atom. The standard InChI is InChI=1S/C11H5Cl3O/c12-9-2-1-6-3-7(5-15)10(13)4-8(6)11(9)14/h1-5H. The number of hydrogen-bond acceptors (Lipinski definition) is 1. The van der Waals surface area contributed by atoms with Gasteiger partial charge in [-0.3, -0.25) is 4.79 Å². The molecule has 2 aromatic carbocycles. The van der Waals surface area contributed by atoms with Crippen molar-refractivity contribution >= 4 is 51.9 Å². The summed E-state index contributed by atoms with van der Waals surface area (Å²) in [6.45, 7) is 0. The zero-order valence-corrected chi connectivity index (χ0v) is 9.70. The fourth-order valence-corrected chi connectivity index (χ4v) is 1.99. The molecule has 2 aromatic rings. The van der Waals surface area contributed by atoms with E-state index in [0.717, 1.165) is 10.8 Å². The number of fused-ring (bicyclic) bond motifs is 1. The van der Waals surface area contributed by atoms with Gasteiger partial charge in [0.15, 0.2) is 6.29 Å². The first-order valence-corrected chi connectivity index (χ1v) is 5.29. The first-order chi connectivity index (χ1) is 7.13. The van der Waals surface area contributed by atoms with Crippen LogP contribution in [0.15, 0.2) is 24.3 Å². The van der Waals surface area contributed by atoms with Gasteiger partial charge in [-0.2, -0.15) is 0 Å². The molecule has 0 aliphatic carbocycles. The summed E-state index contributed by atoms with van der Waals surface area (Å²) in [4.78, 5) is 10.7. The van der Waals surface area contributed by atoms with Gasteiger partial charge < -0.3 is 0 Å². The lowest BCUT2D eigenvalue weighted by Gasteiger charge is -2.04. The Bertz CT molecular complexity index is 549. The van der Waals surface area contributed by atoms with Crippen LogP contribution in [0.1, 0.15) is 10.4 Å². The summed E-state index contributed by atoms with van der Waals surface area (Å²) in [6, 6.07) is 6.82. The minimum atomic E-state index is 0.377. The predicted octanol–water partition coefficient (Wildman–Crippen LogP) is 4.61. The maximum absolute atomic E-state index is 10.7. The normalized spacial score (nSPS) is 10.6. The van der Waals surface area contributed by atoms with E-state index in [9.17, 15) is 4.79 Å². The molecular formula is C11H5Cl3O. The predicted molar refractivity (Wildman–Crippen MR) is 64.4 cm³/mol. The minimum Gasteiger partial charge on any atom is -0.298 e. The van der Waals surface area contributed by atoms with E-state index >= 15 is 0 Å². The molecule has 0 aromatic heterocycles. The summed E-state index contributed by atoms with van der Waals surface area (Å²) >= 11 is 17.8. The van der Waals surface area contributed by atoms with E-state index in [1.54, 1.807) is 24.3 Å². The average molecular weight is 260 g/mol. The molecule has 0 saturated carbocycles. The van der Waals surface area contributed by atoms with Crippen LogP contribution >= 0.6 is 34.8 Å². The van der Waals surface area contributed by atoms with Crippen LogP contribution in [0.5, 0.6) is 0 Å². The summed E-state index contributed by atoms with van der Waals surface area (Å²) in [5.74, 6) is 0. The van der Waals surface area contributed by atoms with Crippen molar-refractivity contribution in [3.63, 3.8) is 0 Å². The van der Waals surface area contributed by atoms with Gasteiger partial charge in [0, 0.05) is 10.9 Å². The molecule has 0 aliphatic rings. The van der Waals surface area contributed by atoms with E-state index in [-0.39, 0.29) is 0 Å². The van der Waals surface area contributed by atoms with E-state index < -0.39 is 0 Å². The van der Waals surface area contributed by atoms with Crippen LogP contribution in [0.4, 0.5) is 0 Å². The van der Waals surface area contributed by atoms with Gasteiger partial charge in [0.05, 0.1) is 15.1 Å². The third-order valence-corrected chi connectivity index (χ3v) is 3.30. The number of carbonyl (C=O) groups excluding carboxylic acids is 1. The number of aldehydes is 1. The van der Waals surface area contributed by atoms with Crippen LogP contribution in [-0.4, -0.2) is 6.29 Å². The SMILES string of the molecule is O=Cc1cc2ccc(Cl)c(Cl)c2cc1Cl. The molecule has 0 saturated heterocycles. The Morgan fingerprint density at radius 3 is 2.40 bits per heavy atom. The highest BCUT2D eigenvalue weighted by molar-refractivity contribution is 6.45. The van der Waals surface area contributed by atoms with Crippen molar-refractivity contribution in [2.75, 3.05) is 0 Å². The van der Waals surface area contributed by atoms with Crippen molar-refractivity contribution in [1.82, 2.24) is 0 Å². The number of halogens is 3. The quantitative estimate of drug-likeness (QED) is 0.683. The molecule has 0 aliphatic heterocycles. The summed E-state index contributed by atoms with van der Waals surface area (Å²) in [6.07, 6.45) is 0.713. The van der Waals surface area contributed by atoms with Crippen LogP contribution in [0.3, 0.4) is 0 Å². The largest absolute Gasteiger partial charge is 0.298 e. The zero-order chi connectivity index (χ0) is 11.0. The second-order valence-corrected chi connectivity index (χ2v) is 4.27. The van der Waals surface area contributed by atoms with Gasteiger partial charge in [0.25, 0.3) is 0 Å². The first-order valence-electron chi connectivity index (χ1n) is 4.16. The van der Waals surface area contributed by atoms with Gasteiger partial charge in [-0.05, 0) is 23.6 Å². The fraction of sp³-hybridized carbons (Fsp3) is 0. The van der Waals surface area contributed by atoms with Crippen molar-refractivity contribution in [1.29, 1.82) is 0 Å². The summed E-state index contributed by atoms with van der Waals surface area (Å²) in [5, 5.41) is 2.89. The number of hydrogen-bond donors (Lipinski definition) is 0. The fourth-order valence-electron chi connectivity index (χ4n) is 1.39. The van der Waals surface area contributed by atoms with Crippen molar-refractivity contribution in [3.05, 3.63) is 44.9 Å². The van der Waals surface area contributed by atoms with Crippen LogP contribution in [0, 0.1) is 0 Å². The van der Waals surface area contributed by atoms with Crippen LogP contribution in [0.25, 0.3) is 10.8 Å². The molecule has 0 amide bonds. The molecular weight excluding hydrogens is 254 g/mol. The summed E-state index contributed by atoms with van der Waals surface area (Å²) < 4.78 is 0. The molecule has 0 spiro atoms. The van der Waals surface area contributed by atoms with Crippen molar-refractivity contribution in [2.45, 2.75) is 0 Å². The van der Waals surface area contributed by atoms with Gasteiger partial charge in [0.2, 0.25) is 0 Å². The van der Waals surface area contributed by atoms with Crippen molar-refractivity contribution < 1.29 is 4.79 Å². The average Bonchev–Trinajstić information content (AvgIpc) is 2.24. The van der Waals surface area contributed by atoms with E-state index in [1.165, 1.54) is 0 Å². The minimum absolute atomic E-state index is 0.377. The molecule has 0 heterocycles. The molecule has 0 bridgehead atoms. The van der Waals surface area contributed by atoms with Crippen LogP contribution in [-0.2, 0) is 0 Å². The van der Waals surface area contributed by atoms with Crippen molar-refractivity contribution in [3.8, 4) is 0 Å². The third-order valence-electron chi connectivity index (χ3n) is 2.15. The highest BCUT2D eigenvalue weighted by Crippen LogP contribution is 2.33. The monoisotopic (exact) mass is 258 g/mol. The van der Waals surface area contributed by atoms with E-state index in [1.807, 2.05) is 0 Å². The molecule has 76 valence electrons. The zero-order valence-electron chi connectivity index (χ0n) is 7.43. The molecule has 2 rings (SSSR count). The second kappa shape index (κ2) is 4.01. The lowest BCUT2D eigenvalue weighted by Crippen LogP contribution is -1.84. The number of benzene rings is 2. The molecule has 0 N–H and O–H groups in total. The highest BCUT2D eigenvalue weighted by atomic mass is 35.5. The molecule has 1 nitrogen and oxygen atoms in total. The third kappa shape index (κ3) is 1.83. The highest BCUT2D eigenvalue weighted by Gasteiger charge is 2.07. The van der Waals surface area contributed by atoms with Gasteiger partial charge in [0.1, 0.15) is 0 Å². The Morgan fingerprint density at radius 2 is 1.73 bits per heavy atom. The number of rotatable bonds is 1. The van der Waals surface area contributed by atoms with Crippen LogP contribution in [0.2, 0.25) is 15.1 Å². The topological polar surface area (TPSA) is 17.1 Å². The summed E-state index contributed by atoms with van der Waals surface area (Å²) in [7, 11) is 0. The molecule has 0 unspecified atom stereocenters. The van der Waals surface area contributed by atoms with Gasteiger partial charge in [-0.15, -0.1) is 0 Å². The second-order valence-electron chi connectivity index (χ2n) is 3.07. The first kappa shape index (κ1) is 10.7. The Hall–Kier alpha value is -0.760. The van der Waals surface area contributed by atoms with E-state index in [2.05, 4.69) is 0 Å². The Labute approximate surface area is 102 Å². The van der Waals surface area contributed by atoms with E-state index in [0.29, 0.717) is 26.9 Å². The van der Waals surface area contributed by atoms with Gasteiger partial charge in [-0.1, -0.05) is 40.9 Å². The molecule has 4 heteroatoms. The van der Waals surface area contributed by atoms with Crippen molar-refractivity contribution in [2.24, 2.45) is 0 Å². The lowest BCUT2D eigenvalue weighted by atomic mass is 10.1. The maximum atomic E-state index is 10.7. The smallest absolute Gasteiger partial charge is 0.151 e. The molecule has 0 radical (unpaired) electrons. The Balaban J connectivity index is 2.87. The molecule has 15 heavy (non-hydrogen) atoms. The number of carbonyl (C=O) groups is 1. The Kier molecular flexibility index (Phi) is 2.87.